The van der Waals surface area contributed by atoms with Crippen LogP contribution in [0.3, 0.4) is 0 Å². The molecule has 30 heavy (non-hydrogen) atoms. The van der Waals surface area contributed by atoms with Crippen LogP contribution in [0.25, 0.3) is 0 Å². The first-order valence-electron chi connectivity index (χ1n) is 10.6. The van der Waals surface area contributed by atoms with Gasteiger partial charge in [0.05, 0.1) is 5.25 Å². The summed E-state index contributed by atoms with van der Waals surface area (Å²) in [4.78, 5) is 26.1. The van der Waals surface area contributed by atoms with Gasteiger partial charge in [0.2, 0.25) is 11.8 Å². The molecular formula is C24H31N3O2S. The lowest BCUT2D eigenvalue weighted by atomic mass is 9.96. The molecule has 0 spiro atoms. The van der Waals surface area contributed by atoms with Gasteiger partial charge in [-0.15, -0.1) is 11.8 Å². The quantitative estimate of drug-likeness (QED) is 0.643. The van der Waals surface area contributed by atoms with Crippen molar-refractivity contribution in [2.75, 3.05) is 25.0 Å². The summed E-state index contributed by atoms with van der Waals surface area (Å²) < 4.78 is 0. The monoisotopic (exact) mass is 425 g/mol. The second-order valence-electron chi connectivity index (χ2n) is 7.89. The van der Waals surface area contributed by atoms with Gasteiger partial charge in [0.15, 0.2) is 0 Å². The van der Waals surface area contributed by atoms with Gasteiger partial charge in [0.1, 0.15) is 0 Å². The number of piperidine rings is 1. The lowest BCUT2D eigenvalue weighted by Crippen LogP contribution is -2.39. The van der Waals surface area contributed by atoms with Gasteiger partial charge >= 0.3 is 0 Å². The summed E-state index contributed by atoms with van der Waals surface area (Å²) in [5.74, 6) is 0.726. The number of amides is 2. The molecule has 3 N–H and O–H groups in total. The summed E-state index contributed by atoms with van der Waals surface area (Å²) >= 11 is 1.64. The topological polar surface area (TPSA) is 75.4 Å². The zero-order valence-electron chi connectivity index (χ0n) is 17.5. The van der Waals surface area contributed by atoms with Crippen LogP contribution in [0.1, 0.15) is 30.9 Å². The van der Waals surface area contributed by atoms with Gasteiger partial charge in [0, 0.05) is 23.9 Å². The van der Waals surface area contributed by atoms with Gasteiger partial charge in [-0.3, -0.25) is 9.59 Å². The fraction of sp³-hybridized carbons (Fsp3) is 0.417. The lowest BCUT2D eigenvalue weighted by molar-refractivity contribution is -0.123. The number of likely N-dealkylation sites (tertiary alicyclic amines) is 1. The number of hydrogen-bond donors (Lipinski definition) is 2. The number of benzene rings is 2. The number of hydrogen-bond acceptors (Lipinski definition) is 4. The van der Waals surface area contributed by atoms with Crippen molar-refractivity contribution in [2.45, 2.75) is 37.2 Å². The van der Waals surface area contributed by atoms with E-state index in [1.807, 2.05) is 37.3 Å². The van der Waals surface area contributed by atoms with Crippen LogP contribution in [0.2, 0.25) is 0 Å². The number of carbonyl (C=O) groups is 2. The average molecular weight is 426 g/mol. The summed E-state index contributed by atoms with van der Waals surface area (Å²) in [5.41, 5.74) is 8.71. The molecule has 0 aliphatic carbocycles. The molecule has 3 rings (SSSR count). The maximum Gasteiger partial charge on any atom is 0.237 e. The highest BCUT2D eigenvalue weighted by molar-refractivity contribution is 7.99. The fourth-order valence-corrected chi connectivity index (χ4v) is 4.44. The Labute approximate surface area is 183 Å². The molecule has 0 aromatic heterocycles. The molecule has 160 valence electrons. The molecule has 2 amide bonds. The lowest BCUT2D eigenvalue weighted by Gasteiger charge is -2.30. The second kappa shape index (κ2) is 11.2. The number of anilines is 1. The highest BCUT2D eigenvalue weighted by atomic mass is 32.2. The van der Waals surface area contributed by atoms with E-state index < -0.39 is 0 Å². The highest BCUT2D eigenvalue weighted by Gasteiger charge is 2.22. The third-order valence-corrected chi connectivity index (χ3v) is 6.85. The number of nitrogens with zero attached hydrogens (tertiary/aromatic N) is 1. The van der Waals surface area contributed by atoms with Gasteiger partial charge in [-0.2, -0.15) is 0 Å². The van der Waals surface area contributed by atoms with Crippen molar-refractivity contribution in [3.8, 4) is 0 Å². The first-order chi connectivity index (χ1) is 14.5. The normalized spacial score (nSPS) is 16.2. The predicted octanol–water partition coefficient (Wildman–Crippen LogP) is 3.69. The SMILES string of the molecule is CC(SCc1ccccc1)C(=O)Nc1ccc(CCN2CCC(C(N)=O)CC2)cc1. The molecule has 1 heterocycles. The van der Waals surface area contributed by atoms with Gasteiger partial charge in [-0.25, -0.2) is 0 Å². The molecule has 2 aromatic rings. The summed E-state index contributed by atoms with van der Waals surface area (Å²) in [6.07, 6.45) is 2.68. The highest BCUT2D eigenvalue weighted by Crippen LogP contribution is 2.20. The molecule has 1 unspecified atom stereocenters. The molecule has 1 aliphatic rings. The van der Waals surface area contributed by atoms with Crippen LogP contribution < -0.4 is 11.1 Å². The van der Waals surface area contributed by atoms with E-state index in [-0.39, 0.29) is 23.0 Å². The van der Waals surface area contributed by atoms with Crippen molar-refractivity contribution >= 4 is 29.3 Å². The number of nitrogens with two attached hydrogens (primary N) is 1. The van der Waals surface area contributed by atoms with Crippen molar-refractivity contribution in [1.29, 1.82) is 0 Å². The standard InChI is InChI=1S/C24H31N3O2S/c1-18(30-17-20-5-3-2-4-6-20)24(29)26-22-9-7-19(8-10-22)11-14-27-15-12-21(13-16-27)23(25)28/h2-10,18,21H,11-17H2,1H3,(H2,25,28)(H,26,29). The molecule has 1 saturated heterocycles. The zero-order valence-corrected chi connectivity index (χ0v) is 18.4. The van der Waals surface area contributed by atoms with Crippen molar-refractivity contribution in [3.63, 3.8) is 0 Å². The van der Waals surface area contributed by atoms with E-state index in [4.69, 9.17) is 5.73 Å². The molecule has 0 radical (unpaired) electrons. The summed E-state index contributed by atoms with van der Waals surface area (Å²) in [6, 6.07) is 18.3. The van der Waals surface area contributed by atoms with Crippen LogP contribution in [0, 0.1) is 5.92 Å². The number of rotatable bonds is 9. The Kier molecular flexibility index (Phi) is 8.34. The summed E-state index contributed by atoms with van der Waals surface area (Å²) in [5, 5.41) is 2.89. The molecular weight excluding hydrogens is 394 g/mol. The van der Waals surface area contributed by atoms with E-state index in [0.717, 1.165) is 50.3 Å². The minimum atomic E-state index is -0.167. The van der Waals surface area contributed by atoms with Gasteiger partial charge in [0.25, 0.3) is 0 Å². The smallest absolute Gasteiger partial charge is 0.237 e. The van der Waals surface area contributed by atoms with Gasteiger partial charge in [-0.1, -0.05) is 42.5 Å². The number of nitrogens with one attached hydrogen (secondary N) is 1. The van der Waals surface area contributed by atoms with E-state index in [0.29, 0.717) is 0 Å². The maximum atomic E-state index is 12.5. The van der Waals surface area contributed by atoms with E-state index in [1.165, 1.54) is 11.1 Å². The van der Waals surface area contributed by atoms with Crippen molar-refractivity contribution in [1.82, 2.24) is 4.90 Å². The predicted molar refractivity (Wildman–Crippen MR) is 124 cm³/mol. The second-order valence-corrected chi connectivity index (χ2v) is 9.22. The maximum absolute atomic E-state index is 12.5. The molecule has 6 heteroatoms. The molecule has 1 aliphatic heterocycles. The van der Waals surface area contributed by atoms with E-state index in [1.54, 1.807) is 11.8 Å². The number of thioether (sulfide) groups is 1. The van der Waals surface area contributed by atoms with Crippen LogP contribution in [-0.4, -0.2) is 41.6 Å². The van der Waals surface area contributed by atoms with E-state index in [9.17, 15) is 9.59 Å². The summed E-state index contributed by atoms with van der Waals surface area (Å²) in [6.45, 7) is 4.78. The molecule has 0 saturated carbocycles. The molecule has 2 aromatic carbocycles. The first-order valence-corrected chi connectivity index (χ1v) is 11.6. The summed E-state index contributed by atoms with van der Waals surface area (Å²) in [7, 11) is 0. The van der Waals surface area contributed by atoms with Gasteiger partial charge < -0.3 is 16.0 Å². The van der Waals surface area contributed by atoms with Crippen molar-refractivity contribution < 1.29 is 9.59 Å². The first kappa shape index (κ1) is 22.4. The fourth-order valence-electron chi connectivity index (χ4n) is 3.60. The average Bonchev–Trinajstić information content (AvgIpc) is 2.78. The third-order valence-electron chi connectivity index (χ3n) is 5.64. The zero-order chi connectivity index (χ0) is 21.3. The van der Waals surface area contributed by atoms with Crippen LogP contribution >= 0.6 is 11.8 Å². The van der Waals surface area contributed by atoms with Crippen molar-refractivity contribution in [3.05, 3.63) is 65.7 Å². The Morgan fingerprint density at radius 1 is 1.07 bits per heavy atom. The molecule has 1 atom stereocenters. The Balaban J connectivity index is 1.39. The molecule has 0 bridgehead atoms. The number of carbonyl (C=O) groups excluding carboxylic acids is 2. The van der Waals surface area contributed by atoms with E-state index in [2.05, 4.69) is 34.5 Å². The Bertz CT molecular complexity index is 818. The largest absolute Gasteiger partial charge is 0.369 e. The minimum absolute atomic E-state index is 0.0287. The van der Waals surface area contributed by atoms with E-state index >= 15 is 0 Å². The van der Waals surface area contributed by atoms with Crippen LogP contribution in [0.5, 0.6) is 0 Å². The molecule has 1 fully saturated rings. The van der Waals surface area contributed by atoms with Crippen LogP contribution in [-0.2, 0) is 21.8 Å². The number of primary amides is 1. The van der Waals surface area contributed by atoms with Gasteiger partial charge in [-0.05, 0) is 62.5 Å². The molecule has 5 nitrogen and oxygen atoms in total. The van der Waals surface area contributed by atoms with Crippen molar-refractivity contribution in [2.24, 2.45) is 11.7 Å². The Morgan fingerprint density at radius 2 is 1.73 bits per heavy atom. The minimum Gasteiger partial charge on any atom is -0.369 e. The Hall–Kier alpha value is -2.31. The van der Waals surface area contributed by atoms with Crippen LogP contribution in [0.4, 0.5) is 5.69 Å². The van der Waals surface area contributed by atoms with Crippen LogP contribution in [0.15, 0.2) is 54.6 Å². The Morgan fingerprint density at radius 3 is 2.37 bits per heavy atom. The third kappa shape index (κ3) is 6.89.